The minimum Gasteiger partial charge on any atom is -0.351 e. The highest BCUT2D eigenvalue weighted by Crippen LogP contribution is 2.23. The fraction of sp³-hybridized carbons (Fsp3) is 0.545. The van der Waals surface area contributed by atoms with Crippen LogP contribution >= 0.6 is 0 Å². The number of aromatic nitrogens is 1. The lowest BCUT2D eigenvalue weighted by Crippen LogP contribution is -2.07. The molecule has 0 aromatic carbocycles. The number of hydrogen-bond donors (Lipinski definition) is 0. The van der Waals surface area contributed by atoms with Crippen molar-refractivity contribution in [3.8, 4) is 0 Å². The van der Waals surface area contributed by atoms with E-state index in [0.717, 1.165) is 24.8 Å². The molecule has 1 heterocycles. The van der Waals surface area contributed by atoms with E-state index in [9.17, 15) is 4.79 Å². The molecule has 1 aromatic heterocycles. The summed E-state index contributed by atoms with van der Waals surface area (Å²) in [6.07, 6.45) is 6.95. The number of carbonyl (C=O) groups excluding carboxylic acids is 1. The molecule has 2 rings (SSSR count). The molecule has 0 unspecified atom stereocenters. The molecule has 13 heavy (non-hydrogen) atoms. The number of Topliss-reactive ketones (excluding diaryl/α,β-unsaturated/α-hetero) is 1. The maximum atomic E-state index is 11.5. The van der Waals surface area contributed by atoms with Gasteiger partial charge < -0.3 is 4.57 Å². The molecular weight excluding hydrogens is 162 g/mol. The molecular formula is C11H15NO. The summed E-state index contributed by atoms with van der Waals surface area (Å²) in [5, 5.41) is 0. The number of fused-ring (bicyclic) bond motifs is 1. The van der Waals surface area contributed by atoms with E-state index in [0.29, 0.717) is 11.8 Å². The Kier molecular flexibility index (Phi) is 1.98. The molecule has 2 heteroatoms. The molecule has 1 aromatic rings. The van der Waals surface area contributed by atoms with Gasteiger partial charge in [-0.3, -0.25) is 4.79 Å². The molecule has 0 amide bonds. The van der Waals surface area contributed by atoms with Gasteiger partial charge in [0, 0.05) is 30.4 Å². The van der Waals surface area contributed by atoms with Crippen LogP contribution in [0, 0.1) is 0 Å². The van der Waals surface area contributed by atoms with Crippen molar-refractivity contribution in [2.75, 3.05) is 0 Å². The van der Waals surface area contributed by atoms with E-state index in [1.807, 2.05) is 6.20 Å². The number of carbonyl (C=O) groups is 1. The molecule has 0 bridgehead atoms. The summed E-state index contributed by atoms with van der Waals surface area (Å²) >= 11 is 0. The van der Waals surface area contributed by atoms with E-state index >= 15 is 0 Å². The molecule has 0 N–H and O–H groups in total. The minimum absolute atomic E-state index is 0.320. The van der Waals surface area contributed by atoms with Gasteiger partial charge in [0.2, 0.25) is 0 Å². The molecule has 1 aliphatic rings. The van der Waals surface area contributed by atoms with Gasteiger partial charge in [-0.1, -0.05) is 0 Å². The third-order valence-corrected chi connectivity index (χ3v) is 2.68. The quantitative estimate of drug-likeness (QED) is 0.646. The molecule has 70 valence electrons. The minimum atomic E-state index is 0.320. The number of aryl methyl sites for hydroxylation is 1. The second-order valence-corrected chi connectivity index (χ2v) is 4.01. The van der Waals surface area contributed by atoms with Crippen molar-refractivity contribution < 1.29 is 4.79 Å². The highest BCUT2D eigenvalue weighted by molar-refractivity contribution is 5.98. The summed E-state index contributed by atoms with van der Waals surface area (Å²) in [7, 11) is 0. The second-order valence-electron chi connectivity index (χ2n) is 4.01. The largest absolute Gasteiger partial charge is 0.351 e. The van der Waals surface area contributed by atoms with Crippen LogP contribution in [0.4, 0.5) is 0 Å². The lowest BCUT2D eigenvalue weighted by Gasteiger charge is -2.07. The Morgan fingerprint density at radius 1 is 1.31 bits per heavy atom. The van der Waals surface area contributed by atoms with Gasteiger partial charge in [0.15, 0.2) is 5.78 Å². The van der Waals surface area contributed by atoms with E-state index in [1.54, 1.807) is 0 Å². The number of nitrogens with zero attached hydrogens (tertiary/aromatic N) is 1. The van der Waals surface area contributed by atoms with Crippen LogP contribution in [0.3, 0.4) is 0 Å². The molecule has 2 nitrogen and oxygen atoms in total. The maximum Gasteiger partial charge on any atom is 0.164 e. The van der Waals surface area contributed by atoms with E-state index < -0.39 is 0 Å². The smallest absolute Gasteiger partial charge is 0.164 e. The second kappa shape index (κ2) is 3.02. The summed E-state index contributed by atoms with van der Waals surface area (Å²) < 4.78 is 2.13. The average molecular weight is 177 g/mol. The zero-order chi connectivity index (χ0) is 9.42. The van der Waals surface area contributed by atoms with Crippen molar-refractivity contribution in [2.24, 2.45) is 0 Å². The van der Waals surface area contributed by atoms with Gasteiger partial charge in [0.05, 0.1) is 0 Å². The first-order valence-corrected chi connectivity index (χ1v) is 4.92. The summed E-state index contributed by atoms with van der Waals surface area (Å²) in [5.74, 6) is 0.320. The SMILES string of the molecule is CC(C)n1cc2c(c1)C(=O)CCC2. The lowest BCUT2D eigenvalue weighted by molar-refractivity contribution is 0.0973. The summed E-state index contributed by atoms with van der Waals surface area (Å²) in [5.41, 5.74) is 2.20. The van der Waals surface area contributed by atoms with Crippen LogP contribution in [0.5, 0.6) is 0 Å². The molecule has 0 atom stereocenters. The predicted molar refractivity (Wildman–Crippen MR) is 52.1 cm³/mol. The van der Waals surface area contributed by atoms with E-state index in [4.69, 9.17) is 0 Å². The highest BCUT2D eigenvalue weighted by atomic mass is 16.1. The Balaban J connectivity index is 2.42. The Bertz CT molecular complexity index is 336. The fourth-order valence-corrected chi connectivity index (χ4v) is 1.84. The number of rotatable bonds is 1. The Morgan fingerprint density at radius 2 is 2.08 bits per heavy atom. The lowest BCUT2D eigenvalue weighted by atomic mass is 9.95. The number of ketones is 1. The summed E-state index contributed by atoms with van der Waals surface area (Å²) in [4.78, 5) is 11.5. The molecule has 0 aliphatic heterocycles. The van der Waals surface area contributed by atoms with Crippen molar-refractivity contribution in [3.05, 3.63) is 23.5 Å². The van der Waals surface area contributed by atoms with Crippen LogP contribution < -0.4 is 0 Å². The topological polar surface area (TPSA) is 22.0 Å². The van der Waals surface area contributed by atoms with Crippen LogP contribution in [0.25, 0.3) is 0 Å². The Hall–Kier alpha value is -1.05. The van der Waals surface area contributed by atoms with E-state index in [-0.39, 0.29) is 0 Å². The standard InChI is InChI=1S/C11H15NO/c1-8(2)12-6-9-4-3-5-11(13)10(9)7-12/h6-8H,3-5H2,1-2H3. The van der Waals surface area contributed by atoms with Crippen molar-refractivity contribution in [2.45, 2.75) is 39.2 Å². The van der Waals surface area contributed by atoms with E-state index in [2.05, 4.69) is 24.6 Å². The molecule has 0 saturated carbocycles. The molecule has 0 radical (unpaired) electrons. The van der Waals surface area contributed by atoms with Crippen LogP contribution in [0.2, 0.25) is 0 Å². The maximum absolute atomic E-state index is 11.5. The van der Waals surface area contributed by atoms with E-state index in [1.165, 1.54) is 5.56 Å². The van der Waals surface area contributed by atoms with Crippen molar-refractivity contribution in [1.82, 2.24) is 4.57 Å². The first-order chi connectivity index (χ1) is 6.18. The first kappa shape index (κ1) is 8.54. The Labute approximate surface area is 78.6 Å². The normalized spacial score (nSPS) is 16.4. The van der Waals surface area contributed by atoms with Gasteiger partial charge in [-0.25, -0.2) is 0 Å². The van der Waals surface area contributed by atoms with Crippen molar-refractivity contribution >= 4 is 5.78 Å². The van der Waals surface area contributed by atoms with Gasteiger partial charge in [0.1, 0.15) is 0 Å². The predicted octanol–water partition coefficient (Wildman–Crippen LogP) is 2.59. The van der Waals surface area contributed by atoms with Gasteiger partial charge in [0.25, 0.3) is 0 Å². The highest BCUT2D eigenvalue weighted by Gasteiger charge is 2.19. The molecule has 0 saturated heterocycles. The molecule has 1 aliphatic carbocycles. The van der Waals surface area contributed by atoms with Crippen LogP contribution in [-0.4, -0.2) is 10.4 Å². The van der Waals surface area contributed by atoms with Crippen LogP contribution in [0.1, 0.15) is 48.7 Å². The summed E-state index contributed by atoms with van der Waals surface area (Å²) in [6.45, 7) is 4.27. The fourth-order valence-electron chi connectivity index (χ4n) is 1.84. The Morgan fingerprint density at radius 3 is 2.69 bits per heavy atom. The first-order valence-electron chi connectivity index (χ1n) is 4.92. The van der Waals surface area contributed by atoms with Crippen molar-refractivity contribution in [1.29, 1.82) is 0 Å². The summed E-state index contributed by atoms with van der Waals surface area (Å²) in [6, 6.07) is 0.457. The van der Waals surface area contributed by atoms with Gasteiger partial charge in [-0.05, 0) is 32.3 Å². The van der Waals surface area contributed by atoms with Gasteiger partial charge in [-0.2, -0.15) is 0 Å². The van der Waals surface area contributed by atoms with Crippen molar-refractivity contribution in [3.63, 3.8) is 0 Å². The monoisotopic (exact) mass is 177 g/mol. The third kappa shape index (κ3) is 1.41. The van der Waals surface area contributed by atoms with Crippen LogP contribution in [0.15, 0.2) is 12.4 Å². The third-order valence-electron chi connectivity index (χ3n) is 2.68. The van der Waals surface area contributed by atoms with Gasteiger partial charge >= 0.3 is 0 Å². The zero-order valence-electron chi connectivity index (χ0n) is 8.21. The molecule has 0 spiro atoms. The van der Waals surface area contributed by atoms with Gasteiger partial charge in [-0.15, -0.1) is 0 Å². The molecule has 0 fully saturated rings. The zero-order valence-corrected chi connectivity index (χ0v) is 8.21. The van der Waals surface area contributed by atoms with Crippen LogP contribution in [-0.2, 0) is 6.42 Å². The average Bonchev–Trinajstić information content (AvgIpc) is 2.49. The number of hydrogen-bond acceptors (Lipinski definition) is 1.